The third kappa shape index (κ3) is 2.55. The van der Waals surface area contributed by atoms with Crippen molar-refractivity contribution >= 4 is 5.91 Å². The van der Waals surface area contributed by atoms with Gasteiger partial charge < -0.3 is 9.64 Å². The summed E-state index contributed by atoms with van der Waals surface area (Å²) in [5.41, 5.74) is 1.02. The van der Waals surface area contributed by atoms with Crippen LogP contribution in [0.15, 0.2) is 25.0 Å². The quantitative estimate of drug-likeness (QED) is 0.734. The van der Waals surface area contributed by atoms with Gasteiger partial charge >= 0.3 is 0 Å². The lowest BCUT2D eigenvalue weighted by Crippen LogP contribution is -2.41. The monoisotopic (exact) mass is 235 g/mol. The fraction of sp³-hybridized carbons (Fsp3) is 0.500. The molecule has 1 fully saturated rings. The Kier molecular flexibility index (Phi) is 3.58. The van der Waals surface area contributed by atoms with E-state index in [-0.39, 0.29) is 12.0 Å². The molecule has 1 aliphatic heterocycles. The minimum atomic E-state index is -0.0760. The zero-order valence-corrected chi connectivity index (χ0v) is 10.0. The second-order valence-electron chi connectivity index (χ2n) is 3.98. The molecule has 1 aromatic rings. The third-order valence-electron chi connectivity index (χ3n) is 2.90. The van der Waals surface area contributed by atoms with Crippen molar-refractivity contribution in [3.63, 3.8) is 0 Å². The van der Waals surface area contributed by atoms with Crippen LogP contribution in [0, 0.1) is 0 Å². The number of morpholine rings is 1. The molecule has 1 amide bonds. The topological polar surface area (TPSA) is 47.4 Å². The molecule has 1 unspecified atom stereocenters. The van der Waals surface area contributed by atoms with E-state index in [4.69, 9.17) is 4.74 Å². The van der Waals surface area contributed by atoms with Gasteiger partial charge in [0.1, 0.15) is 6.10 Å². The number of aromatic nitrogens is 2. The molecule has 0 spiro atoms. The lowest BCUT2D eigenvalue weighted by Gasteiger charge is -2.31. The zero-order chi connectivity index (χ0) is 12.3. The third-order valence-corrected chi connectivity index (χ3v) is 2.90. The number of hydrogen-bond donors (Lipinski definition) is 0. The summed E-state index contributed by atoms with van der Waals surface area (Å²) >= 11 is 0. The maximum absolute atomic E-state index is 11.5. The molecule has 1 aromatic heterocycles. The fourth-order valence-electron chi connectivity index (χ4n) is 1.90. The van der Waals surface area contributed by atoms with Gasteiger partial charge in [-0.2, -0.15) is 5.10 Å². The van der Waals surface area contributed by atoms with Gasteiger partial charge in [-0.1, -0.05) is 6.58 Å². The Balaban J connectivity index is 2.06. The molecule has 1 atom stereocenters. The molecule has 5 heteroatoms. The number of ether oxygens (including phenoxy) is 1. The molecule has 0 saturated carbocycles. The van der Waals surface area contributed by atoms with Crippen molar-refractivity contribution < 1.29 is 9.53 Å². The molecule has 2 heterocycles. The zero-order valence-electron chi connectivity index (χ0n) is 10.0. The van der Waals surface area contributed by atoms with Crippen molar-refractivity contribution in [1.82, 2.24) is 14.7 Å². The Hall–Kier alpha value is -1.62. The molecule has 1 saturated heterocycles. The minimum absolute atomic E-state index is 0.0406. The van der Waals surface area contributed by atoms with Crippen LogP contribution in [0.3, 0.4) is 0 Å². The predicted molar refractivity (Wildman–Crippen MR) is 63.4 cm³/mol. The van der Waals surface area contributed by atoms with Gasteiger partial charge in [0.2, 0.25) is 5.91 Å². The van der Waals surface area contributed by atoms with Gasteiger partial charge in [0.25, 0.3) is 0 Å². The van der Waals surface area contributed by atoms with Crippen LogP contribution < -0.4 is 0 Å². The molecule has 5 nitrogen and oxygen atoms in total. The lowest BCUT2D eigenvalue weighted by molar-refractivity contribution is -0.133. The van der Waals surface area contributed by atoms with E-state index in [1.807, 2.05) is 17.8 Å². The van der Waals surface area contributed by atoms with E-state index >= 15 is 0 Å². The summed E-state index contributed by atoms with van der Waals surface area (Å²) in [5.74, 6) is -0.0406. The molecule has 0 aromatic carbocycles. The molecule has 17 heavy (non-hydrogen) atoms. The number of amides is 1. The first-order valence-electron chi connectivity index (χ1n) is 5.80. The Morgan fingerprint density at radius 1 is 1.76 bits per heavy atom. The van der Waals surface area contributed by atoms with Crippen LogP contribution >= 0.6 is 0 Å². The van der Waals surface area contributed by atoms with Gasteiger partial charge in [-0.3, -0.25) is 9.48 Å². The molecule has 0 aliphatic carbocycles. The number of aryl methyl sites for hydroxylation is 1. The number of rotatable bonds is 3. The van der Waals surface area contributed by atoms with Crippen molar-refractivity contribution in [2.45, 2.75) is 19.6 Å². The summed E-state index contributed by atoms with van der Waals surface area (Å²) in [6, 6.07) is 0. The molecule has 2 rings (SSSR count). The molecule has 92 valence electrons. The molecule has 0 radical (unpaired) electrons. The van der Waals surface area contributed by atoms with Gasteiger partial charge in [-0.25, -0.2) is 0 Å². The van der Waals surface area contributed by atoms with E-state index < -0.39 is 0 Å². The van der Waals surface area contributed by atoms with E-state index in [9.17, 15) is 4.79 Å². The highest BCUT2D eigenvalue weighted by atomic mass is 16.5. The minimum Gasteiger partial charge on any atom is -0.370 e. The maximum Gasteiger partial charge on any atom is 0.246 e. The summed E-state index contributed by atoms with van der Waals surface area (Å²) in [4.78, 5) is 13.3. The number of carbonyl (C=O) groups excluding carboxylic acids is 1. The van der Waals surface area contributed by atoms with Crippen LogP contribution in [0.2, 0.25) is 0 Å². The van der Waals surface area contributed by atoms with Crippen LogP contribution in [-0.2, 0) is 16.1 Å². The number of carbonyl (C=O) groups is 1. The fourth-order valence-corrected chi connectivity index (χ4v) is 1.90. The van der Waals surface area contributed by atoms with Crippen LogP contribution in [0.4, 0.5) is 0 Å². The van der Waals surface area contributed by atoms with Crippen LogP contribution in [0.1, 0.15) is 18.6 Å². The molecular weight excluding hydrogens is 218 g/mol. The van der Waals surface area contributed by atoms with E-state index in [0.717, 1.165) is 12.1 Å². The Morgan fingerprint density at radius 2 is 2.59 bits per heavy atom. The average molecular weight is 235 g/mol. The highest BCUT2D eigenvalue weighted by Crippen LogP contribution is 2.21. The second kappa shape index (κ2) is 5.14. The molecule has 0 N–H and O–H groups in total. The van der Waals surface area contributed by atoms with Crippen molar-refractivity contribution in [3.05, 3.63) is 30.6 Å². The highest BCUT2D eigenvalue weighted by molar-refractivity contribution is 5.87. The van der Waals surface area contributed by atoms with E-state index in [2.05, 4.69) is 11.7 Å². The van der Waals surface area contributed by atoms with Gasteiger partial charge in [0, 0.05) is 24.8 Å². The summed E-state index contributed by atoms with van der Waals surface area (Å²) in [7, 11) is 0. The first-order valence-corrected chi connectivity index (χ1v) is 5.80. The van der Waals surface area contributed by atoms with Gasteiger partial charge in [0.05, 0.1) is 19.3 Å². The largest absolute Gasteiger partial charge is 0.370 e. The second-order valence-corrected chi connectivity index (χ2v) is 3.98. The SMILES string of the molecule is C=CC(=O)N1CCOC(c2cnn(CC)c2)C1. The first kappa shape index (κ1) is 11.9. The van der Waals surface area contributed by atoms with Crippen molar-refractivity contribution in [3.8, 4) is 0 Å². The number of nitrogens with zero attached hydrogens (tertiary/aromatic N) is 3. The van der Waals surface area contributed by atoms with Crippen molar-refractivity contribution in [2.24, 2.45) is 0 Å². The smallest absolute Gasteiger partial charge is 0.246 e. The summed E-state index contributed by atoms with van der Waals surface area (Å²) < 4.78 is 7.52. The normalized spacial score (nSPS) is 20.3. The highest BCUT2D eigenvalue weighted by Gasteiger charge is 2.24. The molecule has 1 aliphatic rings. The van der Waals surface area contributed by atoms with Crippen LogP contribution in [0.25, 0.3) is 0 Å². The summed E-state index contributed by atoms with van der Waals surface area (Å²) in [6.45, 7) is 8.13. The Bertz CT molecular complexity index is 414. The van der Waals surface area contributed by atoms with E-state index in [1.54, 1.807) is 11.1 Å². The predicted octanol–water partition coefficient (Wildman–Crippen LogP) is 0.989. The molecular formula is C12H17N3O2. The van der Waals surface area contributed by atoms with E-state index in [0.29, 0.717) is 19.7 Å². The van der Waals surface area contributed by atoms with Crippen LogP contribution in [0.5, 0.6) is 0 Å². The van der Waals surface area contributed by atoms with Crippen LogP contribution in [-0.4, -0.2) is 40.3 Å². The van der Waals surface area contributed by atoms with Crippen molar-refractivity contribution in [2.75, 3.05) is 19.7 Å². The lowest BCUT2D eigenvalue weighted by atomic mass is 10.1. The Morgan fingerprint density at radius 3 is 3.24 bits per heavy atom. The summed E-state index contributed by atoms with van der Waals surface area (Å²) in [5, 5.41) is 4.21. The Labute approximate surface area is 101 Å². The van der Waals surface area contributed by atoms with Gasteiger partial charge in [-0.15, -0.1) is 0 Å². The standard InChI is InChI=1S/C12H17N3O2/c1-3-12(16)14-5-6-17-11(9-14)10-7-13-15(4-2)8-10/h3,7-8,11H,1,4-6,9H2,2H3. The first-order chi connectivity index (χ1) is 8.24. The summed E-state index contributed by atoms with van der Waals surface area (Å²) in [6.07, 6.45) is 5.04. The van der Waals surface area contributed by atoms with Gasteiger partial charge in [-0.05, 0) is 13.0 Å². The number of hydrogen-bond acceptors (Lipinski definition) is 3. The average Bonchev–Trinajstić information content (AvgIpc) is 2.86. The van der Waals surface area contributed by atoms with Gasteiger partial charge in [0.15, 0.2) is 0 Å². The molecule has 0 bridgehead atoms. The van der Waals surface area contributed by atoms with E-state index in [1.165, 1.54) is 6.08 Å². The maximum atomic E-state index is 11.5. The van der Waals surface area contributed by atoms with Crippen molar-refractivity contribution in [1.29, 1.82) is 0 Å².